The first-order chi connectivity index (χ1) is 14.4. The summed E-state index contributed by atoms with van der Waals surface area (Å²) in [5, 5.41) is 5.04. The van der Waals surface area contributed by atoms with E-state index in [4.69, 9.17) is 9.47 Å². The number of amides is 1. The van der Waals surface area contributed by atoms with Gasteiger partial charge in [0.1, 0.15) is 18.1 Å². The van der Waals surface area contributed by atoms with E-state index in [9.17, 15) is 4.79 Å². The maximum atomic E-state index is 12.7. The molecule has 0 saturated carbocycles. The van der Waals surface area contributed by atoms with Crippen LogP contribution in [0.25, 0.3) is 10.8 Å². The van der Waals surface area contributed by atoms with E-state index >= 15 is 0 Å². The minimum absolute atomic E-state index is 0.000551. The molecule has 0 aliphatic heterocycles. The van der Waals surface area contributed by atoms with Gasteiger partial charge in [-0.3, -0.25) is 4.79 Å². The van der Waals surface area contributed by atoms with Crippen molar-refractivity contribution in [2.24, 2.45) is 0 Å². The number of benzene rings is 3. The number of carbonyl (C=O) groups excluding carboxylic acids is 1. The molecule has 4 heteroatoms. The minimum Gasteiger partial charge on any atom is -0.491 e. The van der Waals surface area contributed by atoms with Crippen molar-refractivity contribution < 1.29 is 14.3 Å². The van der Waals surface area contributed by atoms with Gasteiger partial charge in [-0.05, 0) is 34.9 Å². The van der Waals surface area contributed by atoms with Crippen molar-refractivity contribution in [2.75, 3.05) is 13.2 Å². The Labute approximate surface area is 179 Å². The Morgan fingerprint density at radius 3 is 2.37 bits per heavy atom. The molecular formula is C26H31NO3. The molecule has 158 valence electrons. The third kappa shape index (κ3) is 5.32. The summed E-state index contributed by atoms with van der Waals surface area (Å²) in [4.78, 5) is 12.7. The van der Waals surface area contributed by atoms with E-state index in [1.807, 2.05) is 67.6 Å². The molecule has 1 N–H and O–H groups in total. The summed E-state index contributed by atoms with van der Waals surface area (Å²) >= 11 is 0. The Bertz CT molecular complexity index is 985. The quantitative estimate of drug-likeness (QED) is 0.504. The molecule has 0 fully saturated rings. The highest BCUT2D eigenvalue weighted by molar-refractivity contribution is 5.89. The second kappa shape index (κ2) is 9.66. The number of fused-ring (bicyclic) bond motifs is 1. The molecule has 1 amide bonds. The summed E-state index contributed by atoms with van der Waals surface area (Å²) in [6.45, 7) is 9.26. The van der Waals surface area contributed by atoms with Gasteiger partial charge < -0.3 is 14.8 Å². The van der Waals surface area contributed by atoms with Gasteiger partial charge in [-0.2, -0.15) is 0 Å². The summed E-state index contributed by atoms with van der Waals surface area (Å²) < 4.78 is 12.0. The van der Waals surface area contributed by atoms with Crippen molar-refractivity contribution in [2.45, 2.75) is 45.6 Å². The molecule has 30 heavy (non-hydrogen) atoms. The van der Waals surface area contributed by atoms with Crippen molar-refractivity contribution in [1.29, 1.82) is 0 Å². The lowest BCUT2D eigenvalue weighted by molar-refractivity contribution is -0.128. The highest BCUT2D eigenvalue weighted by Gasteiger charge is 2.20. The smallest absolute Gasteiger partial charge is 0.261 e. The Morgan fingerprint density at radius 1 is 0.933 bits per heavy atom. The number of carbonyl (C=O) groups is 1. The lowest BCUT2D eigenvalue weighted by atomic mass is 9.86. The van der Waals surface area contributed by atoms with Crippen molar-refractivity contribution in [3.63, 3.8) is 0 Å². The van der Waals surface area contributed by atoms with Crippen molar-refractivity contribution >= 4 is 16.7 Å². The average molecular weight is 406 g/mol. The third-order valence-electron chi connectivity index (χ3n) is 5.04. The SMILES string of the molecule is CC[C@@H](Oc1cccc2ccccc12)C(=O)NCCOc1ccccc1C(C)(C)C. The third-order valence-corrected chi connectivity index (χ3v) is 5.04. The molecule has 1 atom stereocenters. The molecule has 0 spiro atoms. The number of ether oxygens (including phenoxy) is 2. The molecule has 3 aromatic rings. The minimum atomic E-state index is -0.544. The highest BCUT2D eigenvalue weighted by Crippen LogP contribution is 2.31. The fourth-order valence-electron chi connectivity index (χ4n) is 3.44. The number of hydrogen-bond acceptors (Lipinski definition) is 3. The molecule has 0 aromatic heterocycles. The maximum Gasteiger partial charge on any atom is 0.261 e. The zero-order valence-electron chi connectivity index (χ0n) is 18.3. The van der Waals surface area contributed by atoms with Crippen LogP contribution in [0.3, 0.4) is 0 Å². The van der Waals surface area contributed by atoms with E-state index in [0.29, 0.717) is 19.6 Å². The molecule has 0 unspecified atom stereocenters. The van der Waals surface area contributed by atoms with Gasteiger partial charge >= 0.3 is 0 Å². The van der Waals surface area contributed by atoms with Crippen LogP contribution in [0.15, 0.2) is 66.7 Å². The van der Waals surface area contributed by atoms with Crippen LogP contribution in [0.1, 0.15) is 39.7 Å². The number of hydrogen-bond donors (Lipinski definition) is 1. The Kier molecular flexibility index (Phi) is 6.99. The van der Waals surface area contributed by atoms with E-state index in [1.54, 1.807) is 0 Å². The summed E-state index contributed by atoms with van der Waals surface area (Å²) in [5.41, 5.74) is 1.15. The van der Waals surface area contributed by atoms with Gasteiger partial charge in [0, 0.05) is 5.39 Å². The molecule has 0 aliphatic rings. The predicted molar refractivity (Wildman–Crippen MR) is 122 cm³/mol. The molecule has 3 aromatic carbocycles. The van der Waals surface area contributed by atoms with Crippen LogP contribution in [-0.2, 0) is 10.2 Å². The molecule has 0 bridgehead atoms. The van der Waals surface area contributed by atoms with Crippen LogP contribution in [0.4, 0.5) is 0 Å². The van der Waals surface area contributed by atoms with Gasteiger partial charge in [-0.25, -0.2) is 0 Å². The maximum absolute atomic E-state index is 12.7. The second-order valence-corrected chi connectivity index (χ2v) is 8.38. The second-order valence-electron chi connectivity index (χ2n) is 8.38. The molecular weight excluding hydrogens is 374 g/mol. The molecule has 0 saturated heterocycles. The van der Waals surface area contributed by atoms with E-state index in [1.165, 1.54) is 0 Å². The van der Waals surface area contributed by atoms with Crippen molar-refractivity contribution in [3.8, 4) is 11.5 Å². The first-order valence-corrected chi connectivity index (χ1v) is 10.5. The monoisotopic (exact) mass is 405 g/mol. The number of nitrogens with one attached hydrogen (secondary N) is 1. The average Bonchev–Trinajstić information content (AvgIpc) is 2.74. The van der Waals surface area contributed by atoms with E-state index in [0.717, 1.165) is 27.8 Å². The van der Waals surface area contributed by atoms with Gasteiger partial charge in [0.05, 0.1) is 6.54 Å². The molecule has 0 heterocycles. The number of para-hydroxylation sites is 1. The standard InChI is InChI=1S/C26H31NO3/c1-5-22(30-23-16-10-12-19-11-6-7-13-20(19)23)25(28)27-17-18-29-24-15-9-8-14-21(24)26(2,3)4/h6-16,22H,5,17-18H2,1-4H3,(H,27,28)/t22-/m1/s1. The van der Waals surface area contributed by atoms with Gasteiger partial charge in [-0.1, -0.05) is 82.3 Å². The Hall–Kier alpha value is -3.01. The molecule has 0 radical (unpaired) electrons. The summed E-state index contributed by atoms with van der Waals surface area (Å²) in [6, 6.07) is 22.0. The largest absolute Gasteiger partial charge is 0.491 e. The highest BCUT2D eigenvalue weighted by atomic mass is 16.5. The zero-order valence-corrected chi connectivity index (χ0v) is 18.3. The molecule has 0 aliphatic carbocycles. The van der Waals surface area contributed by atoms with Crippen LogP contribution in [0.2, 0.25) is 0 Å². The van der Waals surface area contributed by atoms with Crippen molar-refractivity contribution in [1.82, 2.24) is 5.32 Å². The number of rotatable bonds is 8. The van der Waals surface area contributed by atoms with Crippen LogP contribution < -0.4 is 14.8 Å². The summed E-state index contributed by atoms with van der Waals surface area (Å²) in [7, 11) is 0. The van der Waals surface area contributed by atoms with Crippen LogP contribution in [-0.4, -0.2) is 25.2 Å². The van der Waals surface area contributed by atoms with Crippen LogP contribution in [0, 0.1) is 0 Å². The van der Waals surface area contributed by atoms with Crippen LogP contribution >= 0.6 is 0 Å². The van der Waals surface area contributed by atoms with E-state index in [-0.39, 0.29) is 11.3 Å². The molecule has 4 nitrogen and oxygen atoms in total. The topological polar surface area (TPSA) is 47.6 Å². The van der Waals surface area contributed by atoms with Gasteiger partial charge in [-0.15, -0.1) is 0 Å². The summed E-state index contributed by atoms with van der Waals surface area (Å²) in [5.74, 6) is 1.46. The Balaban J connectivity index is 1.56. The predicted octanol–water partition coefficient (Wildman–Crippen LogP) is 5.49. The van der Waals surface area contributed by atoms with Crippen LogP contribution in [0.5, 0.6) is 11.5 Å². The van der Waals surface area contributed by atoms with Gasteiger partial charge in [0.2, 0.25) is 0 Å². The molecule has 3 rings (SSSR count). The zero-order chi connectivity index (χ0) is 21.6. The Morgan fingerprint density at radius 2 is 1.60 bits per heavy atom. The van der Waals surface area contributed by atoms with E-state index in [2.05, 4.69) is 32.2 Å². The van der Waals surface area contributed by atoms with E-state index < -0.39 is 6.10 Å². The lowest BCUT2D eigenvalue weighted by Gasteiger charge is -2.23. The first-order valence-electron chi connectivity index (χ1n) is 10.5. The lowest BCUT2D eigenvalue weighted by Crippen LogP contribution is -2.39. The normalized spacial score (nSPS) is 12.4. The summed E-state index contributed by atoms with van der Waals surface area (Å²) in [6.07, 6.45) is 0.0423. The van der Waals surface area contributed by atoms with Gasteiger partial charge in [0.15, 0.2) is 6.10 Å². The fraction of sp³-hybridized carbons (Fsp3) is 0.346. The fourth-order valence-corrected chi connectivity index (χ4v) is 3.44. The van der Waals surface area contributed by atoms with Crippen molar-refractivity contribution in [3.05, 3.63) is 72.3 Å². The van der Waals surface area contributed by atoms with Gasteiger partial charge in [0.25, 0.3) is 5.91 Å². The first kappa shape index (κ1) is 21.7.